The van der Waals surface area contributed by atoms with Crippen LogP contribution in [0.15, 0.2) is 21.9 Å². The van der Waals surface area contributed by atoms with Crippen LogP contribution in [0.3, 0.4) is 0 Å². The van der Waals surface area contributed by atoms with E-state index in [0.29, 0.717) is 0 Å². The number of nitrogens with zero attached hydrogens (tertiary/aromatic N) is 1. The minimum absolute atomic E-state index is 0.130. The largest absolute Gasteiger partial charge is 0.394 e. The van der Waals surface area contributed by atoms with Gasteiger partial charge in [0, 0.05) is 31.6 Å². The van der Waals surface area contributed by atoms with Gasteiger partial charge in [-0.25, -0.2) is 4.79 Å². The summed E-state index contributed by atoms with van der Waals surface area (Å²) in [5.74, 6) is -0.488. The van der Waals surface area contributed by atoms with Gasteiger partial charge in [0.25, 0.3) is 5.56 Å². The number of rotatable bonds is 6. The molecule has 1 aliphatic heterocycles. The Hall–Kier alpha value is -2.31. The minimum Gasteiger partial charge on any atom is -0.394 e. The predicted octanol–water partition coefficient (Wildman–Crippen LogP) is -3.76. The molecule has 0 radical (unpaired) electrons. The summed E-state index contributed by atoms with van der Waals surface area (Å²) in [6.07, 6.45) is -1.85. The normalized spacial score (nSPS) is 26.2. The number of aromatic amines is 1. The molecular weight excluding hydrogens is 336 g/mol. The lowest BCUT2D eigenvalue weighted by atomic mass is 10.0. The molecule has 2 heterocycles. The van der Waals surface area contributed by atoms with E-state index in [1.165, 1.54) is 0 Å². The van der Waals surface area contributed by atoms with E-state index >= 15 is 0 Å². The van der Waals surface area contributed by atoms with Gasteiger partial charge in [0.1, 0.15) is 24.4 Å². The highest BCUT2D eigenvalue weighted by Gasteiger charge is 2.44. The summed E-state index contributed by atoms with van der Waals surface area (Å²) in [6.45, 7) is -0.0292. The summed E-state index contributed by atoms with van der Waals surface area (Å²) in [7, 11) is 0. The third kappa shape index (κ3) is 4.21. The molecule has 11 heteroatoms. The quantitative estimate of drug-likeness (QED) is 0.281. The van der Waals surface area contributed by atoms with E-state index in [2.05, 4.69) is 5.32 Å². The van der Waals surface area contributed by atoms with Crippen LogP contribution in [0.4, 0.5) is 0 Å². The Labute approximate surface area is 141 Å². The Balaban J connectivity index is 2.29. The Morgan fingerprint density at radius 1 is 1.40 bits per heavy atom. The number of hydrogen-bond donors (Lipinski definition) is 6. The monoisotopic (exact) mass is 356 g/mol. The van der Waals surface area contributed by atoms with Gasteiger partial charge >= 0.3 is 5.69 Å². The summed E-state index contributed by atoms with van der Waals surface area (Å²) in [6, 6.07) is 0. The zero-order chi connectivity index (χ0) is 18.6. The van der Waals surface area contributed by atoms with E-state index in [-0.39, 0.29) is 18.7 Å². The molecule has 0 unspecified atom stereocenters. The maximum atomic E-state index is 12.0. The molecule has 4 atom stereocenters. The van der Waals surface area contributed by atoms with Crippen molar-refractivity contribution < 1.29 is 24.9 Å². The lowest BCUT2D eigenvalue weighted by Crippen LogP contribution is -2.35. The van der Waals surface area contributed by atoms with Gasteiger partial charge in [0.15, 0.2) is 0 Å². The van der Waals surface area contributed by atoms with Crippen LogP contribution in [0.25, 0.3) is 6.20 Å². The van der Waals surface area contributed by atoms with Gasteiger partial charge in [-0.05, 0) is 0 Å². The zero-order valence-corrected chi connectivity index (χ0v) is 13.2. The maximum Gasteiger partial charge on any atom is 0.332 e. The van der Waals surface area contributed by atoms with Gasteiger partial charge in [-0.1, -0.05) is 0 Å². The average molecular weight is 356 g/mol. The van der Waals surface area contributed by atoms with Gasteiger partial charge in [-0.15, -0.1) is 0 Å². The standard InChI is InChI=1S/C14H20N4O7/c15-2-3-16-9(20)1-4-18-5-7(13(23)17-14(18)24)12-11(22)10(21)8(6-19)25-12/h1,4-5,8,10-12,19,21-22H,2-3,6,15H2,(H,16,20)(H,17,23,24)/b4-1+/t8-,10-,11-,12+/m1/s1. The molecule has 0 bridgehead atoms. The van der Waals surface area contributed by atoms with E-state index in [1.807, 2.05) is 4.98 Å². The fourth-order valence-electron chi connectivity index (χ4n) is 2.37. The van der Waals surface area contributed by atoms with Crippen molar-refractivity contribution in [3.8, 4) is 0 Å². The molecule has 0 saturated carbocycles. The summed E-state index contributed by atoms with van der Waals surface area (Å²) >= 11 is 0. The minimum atomic E-state index is -1.46. The van der Waals surface area contributed by atoms with Gasteiger partial charge in [0.05, 0.1) is 12.2 Å². The topological polar surface area (TPSA) is 180 Å². The molecule has 2 rings (SSSR count). The number of carbonyl (C=O) groups excluding carboxylic acids is 1. The maximum absolute atomic E-state index is 12.0. The molecule has 0 spiro atoms. The van der Waals surface area contributed by atoms with E-state index in [1.54, 1.807) is 0 Å². The van der Waals surface area contributed by atoms with Crippen LogP contribution in [0.1, 0.15) is 11.7 Å². The first-order chi connectivity index (χ1) is 11.9. The van der Waals surface area contributed by atoms with Gasteiger partial charge in [0.2, 0.25) is 5.91 Å². The second-order valence-corrected chi connectivity index (χ2v) is 5.41. The van der Waals surface area contributed by atoms with Crippen LogP contribution in [-0.2, 0) is 9.53 Å². The molecule has 1 aromatic rings. The van der Waals surface area contributed by atoms with Crippen molar-refractivity contribution >= 4 is 12.1 Å². The highest BCUT2D eigenvalue weighted by molar-refractivity contribution is 5.90. The number of nitrogens with two attached hydrogens (primary N) is 1. The predicted molar refractivity (Wildman–Crippen MR) is 85.4 cm³/mol. The van der Waals surface area contributed by atoms with Crippen LogP contribution in [0.5, 0.6) is 0 Å². The van der Waals surface area contributed by atoms with Crippen molar-refractivity contribution in [3.05, 3.63) is 38.7 Å². The first-order valence-corrected chi connectivity index (χ1v) is 7.53. The molecule has 0 aromatic carbocycles. The fraction of sp³-hybridized carbons (Fsp3) is 0.500. The summed E-state index contributed by atoms with van der Waals surface area (Å²) in [5, 5.41) is 31.3. The highest BCUT2D eigenvalue weighted by Crippen LogP contribution is 2.31. The molecule has 1 fully saturated rings. The second kappa shape index (κ2) is 8.18. The Morgan fingerprint density at radius 2 is 2.12 bits per heavy atom. The van der Waals surface area contributed by atoms with Crippen LogP contribution in [-0.4, -0.2) is 68.8 Å². The number of aromatic nitrogens is 2. The average Bonchev–Trinajstić information content (AvgIpc) is 2.87. The molecule has 0 aliphatic carbocycles. The van der Waals surface area contributed by atoms with Crippen LogP contribution >= 0.6 is 0 Å². The molecule has 1 aromatic heterocycles. The van der Waals surface area contributed by atoms with E-state index in [4.69, 9.17) is 15.6 Å². The number of aliphatic hydroxyl groups excluding tert-OH is 3. The Kier molecular flexibility index (Phi) is 6.22. The third-order valence-electron chi connectivity index (χ3n) is 3.67. The van der Waals surface area contributed by atoms with E-state index < -0.39 is 48.2 Å². The fourth-order valence-corrected chi connectivity index (χ4v) is 2.37. The lowest BCUT2D eigenvalue weighted by molar-refractivity contribution is -0.116. The van der Waals surface area contributed by atoms with Crippen molar-refractivity contribution in [2.45, 2.75) is 24.4 Å². The number of carbonyl (C=O) groups is 1. The third-order valence-corrected chi connectivity index (χ3v) is 3.67. The first kappa shape index (κ1) is 19.0. The van der Waals surface area contributed by atoms with E-state index in [9.17, 15) is 24.6 Å². The molecule has 1 aliphatic rings. The lowest BCUT2D eigenvalue weighted by Gasteiger charge is -2.14. The second-order valence-electron chi connectivity index (χ2n) is 5.41. The van der Waals surface area contributed by atoms with Crippen LogP contribution in [0, 0.1) is 0 Å². The zero-order valence-electron chi connectivity index (χ0n) is 13.2. The molecule has 25 heavy (non-hydrogen) atoms. The summed E-state index contributed by atoms with van der Waals surface area (Å²) in [5.41, 5.74) is 3.51. The van der Waals surface area contributed by atoms with Crippen molar-refractivity contribution in [1.29, 1.82) is 0 Å². The van der Waals surface area contributed by atoms with Crippen molar-refractivity contribution in [1.82, 2.24) is 14.9 Å². The molecule has 138 valence electrons. The Bertz CT molecular complexity index is 756. The van der Waals surface area contributed by atoms with Crippen LogP contribution < -0.4 is 22.3 Å². The van der Waals surface area contributed by atoms with E-state index in [0.717, 1.165) is 23.0 Å². The van der Waals surface area contributed by atoms with Crippen molar-refractivity contribution in [2.24, 2.45) is 5.73 Å². The number of nitrogens with one attached hydrogen (secondary N) is 2. The summed E-state index contributed by atoms with van der Waals surface area (Å²) in [4.78, 5) is 37.3. The number of amides is 1. The van der Waals surface area contributed by atoms with Gasteiger partial charge in [-0.2, -0.15) is 0 Å². The molecular formula is C14H20N4O7. The number of ether oxygens (including phenoxy) is 1. The molecule has 1 saturated heterocycles. The van der Waals surface area contributed by atoms with Crippen molar-refractivity contribution in [3.63, 3.8) is 0 Å². The van der Waals surface area contributed by atoms with Gasteiger partial charge < -0.3 is 31.1 Å². The van der Waals surface area contributed by atoms with Gasteiger partial charge in [-0.3, -0.25) is 19.1 Å². The number of hydrogen-bond acceptors (Lipinski definition) is 8. The first-order valence-electron chi connectivity index (χ1n) is 7.53. The summed E-state index contributed by atoms with van der Waals surface area (Å²) < 4.78 is 6.20. The smallest absolute Gasteiger partial charge is 0.332 e. The van der Waals surface area contributed by atoms with Crippen molar-refractivity contribution in [2.75, 3.05) is 19.7 Å². The SMILES string of the molecule is NCCNC(=O)/C=C/n1cc([C@@H]2O[C@H](CO)[C@@H](O)[C@H]2O)c(=O)[nH]c1=O. The van der Waals surface area contributed by atoms with Crippen LogP contribution in [0.2, 0.25) is 0 Å². The molecule has 1 amide bonds. The molecule has 11 nitrogen and oxygen atoms in total. The number of H-pyrrole nitrogens is 1. The molecule has 7 N–H and O–H groups in total. The highest BCUT2D eigenvalue weighted by atomic mass is 16.6. The number of aliphatic hydroxyl groups is 3. The Morgan fingerprint density at radius 3 is 2.72 bits per heavy atom.